The van der Waals surface area contributed by atoms with Gasteiger partial charge in [-0.2, -0.15) is 18.4 Å². The van der Waals surface area contributed by atoms with Gasteiger partial charge in [0.1, 0.15) is 4.21 Å². The van der Waals surface area contributed by atoms with Crippen LogP contribution in [0.4, 0.5) is 0 Å². The lowest BCUT2D eigenvalue weighted by Gasteiger charge is -1.99. The van der Waals surface area contributed by atoms with Crippen molar-refractivity contribution in [2.45, 2.75) is 11.1 Å². The highest BCUT2D eigenvalue weighted by molar-refractivity contribution is 7.91. The lowest BCUT2D eigenvalue weighted by molar-refractivity contribution is 0.587. The Hall–Kier alpha value is -2.12. The molecule has 2 heterocycles. The average Bonchev–Trinajstić information content (AvgIpc) is 3.08. The first-order valence-corrected chi connectivity index (χ1v) is 8.60. The van der Waals surface area contributed by atoms with E-state index in [1.807, 2.05) is 31.2 Å². The molecule has 0 radical (unpaired) electrons. The molecule has 2 N–H and O–H groups in total. The molecule has 0 fully saturated rings. The summed E-state index contributed by atoms with van der Waals surface area (Å²) < 4.78 is 24.1. The number of thiophene rings is 1. The fourth-order valence-electron chi connectivity index (χ4n) is 2.09. The van der Waals surface area contributed by atoms with E-state index in [2.05, 4.69) is 14.9 Å². The molecule has 21 heavy (non-hydrogen) atoms. The van der Waals surface area contributed by atoms with Gasteiger partial charge in [0.15, 0.2) is 0 Å². The number of nitrogens with one attached hydrogen (secondary N) is 2. The number of hydrogen-bond acceptors (Lipinski definition) is 4. The van der Waals surface area contributed by atoms with Gasteiger partial charge in [0, 0.05) is 22.2 Å². The molecule has 0 aliphatic heterocycles. The number of aryl methyl sites for hydroxylation is 1. The van der Waals surface area contributed by atoms with Gasteiger partial charge in [-0.25, -0.2) is 0 Å². The third-order valence-electron chi connectivity index (χ3n) is 3.07. The van der Waals surface area contributed by atoms with Crippen molar-refractivity contribution in [3.05, 3.63) is 53.0 Å². The molecule has 0 unspecified atom stereocenters. The van der Waals surface area contributed by atoms with Gasteiger partial charge >= 0.3 is 0 Å². The van der Waals surface area contributed by atoms with E-state index in [-0.39, 0.29) is 4.21 Å². The van der Waals surface area contributed by atoms with Crippen LogP contribution in [0.2, 0.25) is 0 Å². The molecule has 3 aromatic rings. The summed E-state index contributed by atoms with van der Waals surface area (Å²) in [4.78, 5) is 5.47. The second-order valence-corrected chi connectivity index (χ2v) is 7.33. The van der Waals surface area contributed by atoms with Crippen LogP contribution >= 0.6 is 11.3 Å². The van der Waals surface area contributed by atoms with Crippen LogP contribution in [-0.2, 0) is 10.0 Å². The third-order valence-corrected chi connectivity index (χ3v) is 5.69. The number of hydrazone groups is 1. The van der Waals surface area contributed by atoms with Crippen LogP contribution in [0.5, 0.6) is 0 Å². The fourth-order valence-corrected chi connectivity index (χ4v) is 3.86. The van der Waals surface area contributed by atoms with Crippen molar-refractivity contribution in [3.63, 3.8) is 0 Å². The Morgan fingerprint density at radius 3 is 2.81 bits per heavy atom. The molecule has 7 heteroatoms. The van der Waals surface area contributed by atoms with Crippen molar-refractivity contribution in [2.75, 3.05) is 0 Å². The lowest BCUT2D eigenvalue weighted by atomic mass is 10.1. The van der Waals surface area contributed by atoms with Crippen molar-refractivity contribution >= 4 is 38.5 Å². The normalized spacial score (nSPS) is 12.2. The monoisotopic (exact) mass is 319 g/mol. The van der Waals surface area contributed by atoms with E-state index < -0.39 is 10.0 Å². The molecule has 0 amide bonds. The highest BCUT2D eigenvalue weighted by Gasteiger charge is 2.13. The smallest absolute Gasteiger partial charge is 0.286 e. The molecule has 0 spiro atoms. The fraction of sp³-hybridized carbons (Fsp3) is 0.0714. The van der Waals surface area contributed by atoms with Crippen LogP contribution in [0, 0.1) is 6.92 Å². The number of aromatic amines is 1. The Balaban J connectivity index is 1.88. The Labute approximate surface area is 126 Å². The number of hydrogen-bond donors (Lipinski definition) is 2. The summed E-state index contributed by atoms with van der Waals surface area (Å²) in [6, 6.07) is 11.0. The zero-order valence-electron chi connectivity index (χ0n) is 11.2. The molecule has 2 aromatic heterocycles. The zero-order chi connectivity index (χ0) is 14.9. The van der Waals surface area contributed by atoms with E-state index in [0.717, 1.165) is 33.5 Å². The summed E-state index contributed by atoms with van der Waals surface area (Å²) in [5.74, 6) is 0. The predicted octanol–water partition coefficient (Wildman–Crippen LogP) is 2.85. The van der Waals surface area contributed by atoms with Crippen LogP contribution in [0.3, 0.4) is 0 Å². The predicted molar refractivity (Wildman–Crippen MR) is 85.3 cm³/mol. The summed E-state index contributed by atoms with van der Waals surface area (Å²) in [5, 5.41) is 6.59. The molecule has 5 nitrogen and oxygen atoms in total. The van der Waals surface area contributed by atoms with Gasteiger partial charge < -0.3 is 4.98 Å². The topological polar surface area (TPSA) is 74.3 Å². The van der Waals surface area contributed by atoms with Gasteiger partial charge in [0.25, 0.3) is 10.0 Å². The molecule has 0 atom stereocenters. The first-order valence-electron chi connectivity index (χ1n) is 6.23. The van der Waals surface area contributed by atoms with Crippen molar-refractivity contribution in [1.29, 1.82) is 0 Å². The van der Waals surface area contributed by atoms with Gasteiger partial charge in [0.05, 0.1) is 6.21 Å². The highest BCUT2D eigenvalue weighted by atomic mass is 32.2. The zero-order valence-corrected chi connectivity index (χ0v) is 12.8. The van der Waals surface area contributed by atoms with Crippen molar-refractivity contribution in [1.82, 2.24) is 9.82 Å². The van der Waals surface area contributed by atoms with E-state index in [1.165, 1.54) is 6.21 Å². The molecular formula is C14H13N3O2S2. The van der Waals surface area contributed by atoms with Crippen molar-refractivity contribution in [3.8, 4) is 0 Å². The number of H-pyrrole nitrogens is 1. The number of fused-ring (bicyclic) bond motifs is 1. The standard InChI is InChI=1S/C14H13N3O2S2/c1-10-12(11-5-2-3-6-13(11)16-10)9-15-17-21(18,19)14-7-4-8-20-14/h2-9,16-17H,1H3/b15-9+. The van der Waals surface area contributed by atoms with Gasteiger partial charge in [0.2, 0.25) is 0 Å². The number of sulfonamides is 1. The van der Waals surface area contributed by atoms with E-state index in [1.54, 1.807) is 17.5 Å². The SMILES string of the molecule is Cc1[nH]c2ccccc2c1/C=N/NS(=O)(=O)c1cccs1. The maximum Gasteiger partial charge on any atom is 0.286 e. The Morgan fingerprint density at radius 1 is 1.24 bits per heavy atom. The Bertz CT molecular complexity index is 894. The summed E-state index contributed by atoms with van der Waals surface area (Å²) in [7, 11) is -3.58. The number of benzene rings is 1. The molecule has 108 valence electrons. The average molecular weight is 319 g/mol. The molecule has 0 bridgehead atoms. The van der Waals surface area contributed by atoms with Crippen LogP contribution in [0.15, 0.2) is 51.1 Å². The van der Waals surface area contributed by atoms with E-state index in [0.29, 0.717) is 0 Å². The maximum atomic E-state index is 11.9. The molecule has 3 rings (SSSR count). The van der Waals surface area contributed by atoms with Crippen molar-refractivity contribution < 1.29 is 8.42 Å². The van der Waals surface area contributed by atoms with Crippen molar-refractivity contribution in [2.24, 2.45) is 5.10 Å². The van der Waals surface area contributed by atoms with Gasteiger partial charge in [-0.1, -0.05) is 24.3 Å². The minimum atomic E-state index is -3.58. The molecular weight excluding hydrogens is 306 g/mol. The molecule has 0 aliphatic rings. The summed E-state index contributed by atoms with van der Waals surface area (Å²) >= 11 is 1.15. The summed E-state index contributed by atoms with van der Waals surface area (Å²) in [6.07, 6.45) is 1.53. The molecule has 0 saturated heterocycles. The van der Waals surface area contributed by atoms with Crippen LogP contribution in [-0.4, -0.2) is 19.6 Å². The first kappa shape index (κ1) is 13.8. The van der Waals surface area contributed by atoms with E-state index in [9.17, 15) is 8.42 Å². The minimum absolute atomic E-state index is 0.246. The quantitative estimate of drug-likeness (QED) is 0.573. The number of aromatic nitrogens is 1. The minimum Gasteiger partial charge on any atom is -0.358 e. The number of rotatable bonds is 4. The highest BCUT2D eigenvalue weighted by Crippen LogP contribution is 2.20. The van der Waals surface area contributed by atoms with Crippen LogP contribution in [0.1, 0.15) is 11.3 Å². The van der Waals surface area contributed by atoms with E-state index in [4.69, 9.17) is 0 Å². The Morgan fingerprint density at radius 2 is 2.05 bits per heavy atom. The van der Waals surface area contributed by atoms with Crippen LogP contribution in [0.25, 0.3) is 10.9 Å². The van der Waals surface area contributed by atoms with E-state index >= 15 is 0 Å². The Kier molecular flexibility index (Phi) is 3.52. The lowest BCUT2D eigenvalue weighted by Crippen LogP contribution is -2.17. The second-order valence-electron chi connectivity index (χ2n) is 4.49. The van der Waals surface area contributed by atoms with Gasteiger partial charge in [-0.15, -0.1) is 11.3 Å². The third kappa shape index (κ3) is 2.70. The number of para-hydroxylation sites is 1. The molecule has 0 saturated carbocycles. The second kappa shape index (κ2) is 5.34. The largest absolute Gasteiger partial charge is 0.358 e. The van der Waals surface area contributed by atoms with Crippen LogP contribution < -0.4 is 4.83 Å². The molecule has 1 aromatic carbocycles. The van der Waals surface area contributed by atoms with Gasteiger partial charge in [-0.05, 0) is 24.4 Å². The summed E-state index contributed by atoms with van der Waals surface area (Å²) in [5.41, 5.74) is 2.81. The van der Waals surface area contributed by atoms with Gasteiger partial charge in [-0.3, -0.25) is 0 Å². The maximum absolute atomic E-state index is 11.9. The number of nitrogens with zero attached hydrogens (tertiary/aromatic N) is 1. The molecule has 0 aliphatic carbocycles. The summed E-state index contributed by atoms with van der Waals surface area (Å²) in [6.45, 7) is 1.93. The first-order chi connectivity index (χ1) is 10.1.